The Hall–Kier alpha value is -0.900. The number of methoxy groups -OCH3 is 1. The van der Waals surface area contributed by atoms with Crippen LogP contribution in [0.3, 0.4) is 0 Å². The lowest BCUT2D eigenvalue weighted by Gasteiger charge is -2.05. The zero-order valence-electron chi connectivity index (χ0n) is 6.66. The van der Waals surface area contributed by atoms with E-state index >= 15 is 0 Å². The van der Waals surface area contributed by atoms with Crippen molar-refractivity contribution in [1.29, 1.82) is 0 Å². The third kappa shape index (κ3) is 3.72. The van der Waals surface area contributed by atoms with E-state index in [1.54, 1.807) is 6.92 Å². The van der Waals surface area contributed by atoms with E-state index in [1.807, 2.05) is 0 Å². The predicted octanol–water partition coefficient (Wildman–Crippen LogP) is -0.110. The van der Waals surface area contributed by atoms with Gasteiger partial charge in [0, 0.05) is 12.8 Å². The molecule has 0 rings (SSSR count). The smallest absolute Gasteiger partial charge is 0.335 e. The van der Waals surface area contributed by atoms with Crippen molar-refractivity contribution < 1.29 is 19.4 Å². The maximum atomic E-state index is 10.7. The van der Waals surface area contributed by atoms with Crippen molar-refractivity contribution in [2.45, 2.75) is 25.9 Å². The maximum Gasteiger partial charge on any atom is 0.335 e. The maximum absolute atomic E-state index is 10.7. The molecule has 0 saturated heterocycles. The molecule has 0 heterocycles. The van der Waals surface area contributed by atoms with Gasteiger partial charge >= 0.3 is 5.97 Å². The Labute approximate surface area is 65.2 Å². The van der Waals surface area contributed by atoms with Crippen molar-refractivity contribution in [1.82, 2.24) is 0 Å². The Morgan fingerprint density at radius 1 is 1.55 bits per heavy atom. The van der Waals surface area contributed by atoms with Crippen molar-refractivity contribution in [2.24, 2.45) is 0 Å². The molecule has 0 saturated carbocycles. The fraction of sp³-hybridized carbons (Fsp3) is 0.714. The Bertz CT molecular complexity index is 153. The topological polar surface area (TPSA) is 63.6 Å². The summed E-state index contributed by atoms with van der Waals surface area (Å²) in [5.74, 6) is -0.908. The van der Waals surface area contributed by atoms with E-state index in [9.17, 15) is 9.59 Å². The van der Waals surface area contributed by atoms with Crippen LogP contribution in [0.15, 0.2) is 0 Å². The average Bonchev–Trinajstić information content (AvgIpc) is 2.02. The Balaban J connectivity index is 3.77. The number of ketones is 1. The van der Waals surface area contributed by atoms with Crippen LogP contribution >= 0.6 is 0 Å². The number of carbonyl (C=O) groups is 2. The van der Waals surface area contributed by atoms with Gasteiger partial charge in [-0.15, -0.1) is 0 Å². The van der Waals surface area contributed by atoms with E-state index in [0.717, 1.165) is 0 Å². The highest BCUT2D eigenvalue weighted by molar-refractivity contribution is 5.85. The molecule has 0 aromatic rings. The monoisotopic (exact) mass is 160 g/mol. The molecule has 0 aromatic carbocycles. The first-order chi connectivity index (χ1) is 5.11. The number of rotatable bonds is 4. The van der Waals surface area contributed by atoms with Crippen molar-refractivity contribution in [3.63, 3.8) is 0 Å². The molecule has 0 aliphatic carbocycles. The van der Waals surface area contributed by atoms with E-state index in [2.05, 4.69) is 4.74 Å². The van der Waals surface area contributed by atoms with Crippen LogP contribution in [0.25, 0.3) is 0 Å². The second kappa shape index (κ2) is 4.85. The van der Waals surface area contributed by atoms with Gasteiger partial charge in [-0.3, -0.25) is 4.79 Å². The molecule has 0 amide bonds. The molecule has 0 spiro atoms. The minimum atomic E-state index is -1.30. The standard InChI is InChI=1S/C7H12O4/c1-3-5(8)4-6(9)7(10)11-2/h6,9H,3-4H2,1-2H3. The van der Waals surface area contributed by atoms with Gasteiger partial charge in [0.05, 0.1) is 7.11 Å². The highest BCUT2D eigenvalue weighted by Gasteiger charge is 2.17. The molecule has 64 valence electrons. The molecule has 4 nitrogen and oxygen atoms in total. The minimum Gasteiger partial charge on any atom is -0.467 e. The lowest BCUT2D eigenvalue weighted by Crippen LogP contribution is -2.24. The summed E-state index contributed by atoms with van der Waals surface area (Å²) in [6.45, 7) is 1.67. The predicted molar refractivity (Wildman–Crippen MR) is 37.9 cm³/mol. The van der Waals surface area contributed by atoms with Gasteiger partial charge in [0.1, 0.15) is 5.78 Å². The second-order valence-corrected chi connectivity index (χ2v) is 2.14. The van der Waals surface area contributed by atoms with E-state index in [4.69, 9.17) is 5.11 Å². The van der Waals surface area contributed by atoms with Gasteiger partial charge in [0.2, 0.25) is 0 Å². The molecular formula is C7H12O4. The molecule has 11 heavy (non-hydrogen) atoms. The lowest BCUT2D eigenvalue weighted by molar-refractivity contribution is -0.152. The van der Waals surface area contributed by atoms with E-state index in [0.29, 0.717) is 6.42 Å². The molecule has 4 heteroatoms. The molecule has 1 N–H and O–H groups in total. The van der Waals surface area contributed by atoms with Gasteiger partial charge in [-0.1, -0.05) is 6.92 Å². The molecule has 1 atom stereocenters. The van der Waals surface area contributed by atoms with Crippen LogP contribution in [-0.2, 0) is 14.3 Å². The van der Waals surface area contributed by atoms with E-state index < -0.39 is 12.1 Å². The van der Waals surface area contributed by atoms with E-state index in [-0.39, 0.29) is 12.2 Å². The largest absolute Gasteiger partial charge is 0.467 e. The third-order valence-corrected chi connectivity index (χ3v) is 1.29. The average molecular weight is 160 g/mol. The van der Waals surface area contributed by atoms with Crippen LogP contribution in [0.4, 0.5) is 0 Å². The highest BCUT2D eigenvalue weighted by Crippen LogP contribution is 1.97. The van der Waals surface area contributed by atoms with Gasteiger partial charge in [-0.2, -0.15) is 0 Å². The minimum absolute atomic E-state index is 0.150. The van der Waals surface area contributed by atoms with Crippen molar-refractivity contribution in [3.05, 3.63) is 0 Å². The van der Waals surface area contributed by atoms with Crippen LogP contribution in [0.1, 0.15) is 19.8 Å². The van der Waals surface area contributed by atoms with E-state index in [1.165, 1.54) is 7.11 Å². The molecule has 0 aliphatic rings. The molecular weight excluding hydrogens is 148 g/mol. The summed E-state index contributed by atoms with van der Waals surface area (Å²) in [6, 6.07) is 0. The van der Waals surface area contributed by atoms with Gasteiger partial charge in [-0.25, -0.2) is 4.79 Å². The summed E-state index contributed by atoms with van der Waals surface area (Å²) < 4.78 is 4.22. The Morgan fingerprint density at radius 3 is 2.45 bits per heavy atom. The van der Waals surface area contributed by atoms with Gasteiger partial charge in [-0.05, 0) is 0 Å². The number of hydrogen-bond donors (Lipinski definition) is 1. The molecule has 0 fully saturated rings. The zero-order chi connectivity index (χ0) is 8.85. The fourth-order valence-corrected chi connectivity index (χ4v) is 0.579. The van der Waals surface area contributed by atoms with Crippen molar-refractivity contribution >= 4 is 11.8 Å². The first-order valence-corrected chi connectivity index (χ1v) is 3.39. The summed E-state index contributed by atoms with van der Waals surface area (Å²) in [7, 11) is 1.17. The number of ether oxygens (including phenoxy) is 1. The molecule has 1 unspecified atom stereocenters. The van der Waals surface area contributed by atoms with Crippen LogP contribution in [0, 0.1) is 0 Å². The Morgan fingerprint density at radius 2 is 2.09 bits per heavy atom. The normalized spacial score (nSPS) is 12.3. The summed E-state index contributed by atoms with van der Waals surface area (Å²) in [5, 5.41) is 8.92. The first kappa shape index (κ1) is 10.1. The molecule has 0 aromatic heterocycles. The van der Waals surface area contributed by atoms with Crippen molar-refractivity contribution in [3.8, 4) is 0 Å². The number of hydrogen-bond acceptors (Lipinski definition) is 4. The Kier molecular flexibility index (Phi) is 4.45. The van der Waals surface area contributed by atoms with Crippen LogP contribution in [0.2, 0.25) is 0 Å². The third-order valence-electron chi connectivity index (χ3n) is 1.29. The van der Waals surface area contributed by atoms with Gasteiger partial charge in [0.15, 0.2) is 6.10 Å². The number of carbonyl (C=O) groups excluding carboxylic acids is 2. The number of esters is 1. The zero-order valence-corrected chi connectivity index (χ0v) is 6.66. The lowest BCUT2D eigenvalue weighted by atomic mass is 10.1. The number of aliphatic hydroxyl groups is 1. The summed E-state index contributed by atoms with van der Waals surface area (Å²) in [6.07, 6.45) is -1.12. The van der Waals surface area contributed by atoms with Crippen LogP contribution in [-0.4, -0.2) is 30.1 Å². The highest BCUT2D eigenvalue weighted by atomic mass is 16.5. The fourth-order valence-electron chi connectivity index (χ4n) is 0.579. The summed E-state index contributed by atoms with van der Waals surface area (Å²) >= 11 is 0. The first-order valence-electron chi connectivity index (χ1n) is 3.39. The van der Waals surface area contributed by atoms with Crippen molar-refractivity contribution in [2.75, 3.05) is 7.11 Å². The molecule has 0 radical (unpaired) electrons. The second-order valence-electron chi connectivity index (χ2n) is 2.14. The summed E-state index contributed by atoms with van der Waals surface area (Å²) in [4.78, 5) is 21.2. The van der Waals surface area contributed by atoms with Crippen LogP contribution in [0.5, 0.6) is 0 Å². The SMILES string of the molecule is CCC(=O)CC(O)C(=O)OC. The van der Waals surface area contributed by atoms with Gasteiger partial charge in [0.25, 0.3) is 0 Å². The molecule has 0 bridgehead atoms. The number of Topliss-reactive ketones (excluding diaryl/α,β-unsaturated/α-hetero) is 1. The summed E-state index contributed by atoms with van der Waals surface area (Å²) in [5.41, 5.74) is 0. The quantitative estimate of drug-likeness (QED) is 0.583. The number of aliphatic hydroxyl groups excluding tert-OH is 1. The van der Waals surface area contributed by atoms with Crippen LogP contribution < -0.4 is 0 Å². The molecule has 0 aliphatic heterocycles. The van der Waals surface area contributed by atoms with Gasteiger partial charge < -0.3 is 9.84 Å².